The lowest BCUT2D eigenvalue weighted by atomic mass is 9.75. The molecule has 4 heterocycles. The van der Waals surface area contributed by atoms with Crippen LogP contribution in [-0.4, -0.2) is 82.6 Å². The third kappa shape index (κ3) is 5.36. The average Bonchev–Trinajstić information content (AvgIpc) is 3.02. The van der Waals surface area contributed by atoms with Gasteiger partial charge in [0.1, 0.15) is 23.9 Å². The molecule has 2 bridgehead atoms. The number of urea groups is 1. The Labute approximate surface area is 250 Å². The summed E-state index contributed by atoms with van der Waals surface area (Å²) in [5.41, 5.74) is 1.00. The van der Waals surface area contributed by atoms with Crippen molar-refractivity contribution in [3.05, 3.63) is 100.0 Å². The van der Waals surface area contributed by atoms with Gasteiger partial charge in [-0.1, -0.05) is 48.5 Å². The molecule has 0 aliphatic carbocycles. The summed E-state index contributed by atoms with van der Waals surface area (Å²) < 4.78 is 7.66. The maximum absolute atomic E-state index is 13.9. The molecule has 1 aromatic heterocycles. The Morgan fingerprint density at radius 1 is 0.860 bits per heavy atom. The molecule has 3 aliphatic rings. The van der Waals surface area contributed by atoms with E-state index in [-0.39, 0.29) is 37.0 Å². The van der Waals surface area contributed by atoms with Gasteiger partial charge in [-0.3, -0.25) is 24.2 Å². The van der Waals surface area contributed by atoms with Crippen LogP contribution in [0.5, 0.6) is 5.75 Å². The highest BCUT2D eigenvalue weighted by molar-refractivity contribution is 6.19. The second kappa shape index (κ2) is 11.4. The Balaban J connectivity index is 1.23. The number of nitrogens with zero attached hydrogens (tertiary/aromatic N) is 4. The summed E-state index contributed by atoms with van der Waals surface area (Å²) in [5.74, 6) is -0.140. The summed E-state index contributed by atoms with van der Waals surface area (Å²) >= 11 is 0. The molecule has 3 aromatic rings. The molecule has 2 saturated heterocycles. The largest absolute Gasteiger partial charge is 0.491 e. The van der Waals surface area contributed by atoms with Gasteiger partial charge in [-0.15, -0.1) is 0 Å². The molecule has 3 aliphatic heterocycles. The normalized spacial score (nSPS) is 22.3. The first-order chi connectivity index (χ1) is 20.7. The highest BCUT2D eigenvalue weighted by Crippen LogP contribution is 2.39. The van der Waals surface area contributed by atoms with Crippen molar-refractivity contribution >= 4 is 17.8 Å². The van der Waals surface area contributed by atoms with Crippen molar-refractivity contribution < 1.29 is 24.2 Å². The lowest BCUT2D eigenvalue weighted by Gasteiger charge is -2.48. The van der Waals surface area contributed by atoms with Crippen LogP contribution in [0.1, 0.15) is 35.3 Å². The highest BCUT2D eigenvalue weighted by atomic mass is 16.5. The lowest BCUT2D eigenvalue weighted by Crippen LogP contribution is -2.67. The number of amides is 4. The van der Waals surface area contributed by atoms with Gasteiger partial charge in [-0.05, 0) is 48.1 Å². The number of pyridine rings is 1. The molecule has 2 fully saturated rings. The third-order valence-electron chi connectivity index (χ3n) is 9.07. The van der Waals surface area contributed by atoms with E-state index in [1.165, 1.54) is 14.1 Å². The molecule has 224 valence electrons. The van der Waals surface area contributed by atoms with Gasteiger partial charge >= 0.3 is 6.03 Å². The number of hydrogen-bond acceptors (Lipinski definition) is 7. The number of fused-ring (bicyclic) bond motifs is 4. The minimum Gasteiger partial charge on any atom is -0.491 e. The summed E-state index contributed by atoms with van der Waals surface area (Å²) in [6.07, 6.45) is 0.287. The van der Waals surface area contributed by atoms with Crippen LogP contribution in [0.3, 0.4) is 0 Å². The van der Waals surface area contributed by atoms with E-state index in [0.29, 0.717) is 25.4 Å². The number of barbiturate groups is 1. The maximum atomic E-state index is 13.9. The second-order valence-corrected chi connectivity index (χ2v) is 12.0. The van der Waals surface area contributed by atoms with E-state index in [1.54, 1.807) is 24.3 Å². The number of likely N-dealkylation sites (tertiary alicyclic amines) is 1. The van der Waals surface area contributed by atoms with Crippen LogP contribution in [-0.2, 0) is 22.6 Å². The van der Waals surface area contributed by atoms with Gasteiger partial charge in [0.25, 0.3) is 5.56 Å². The fourth-order valence-electron chi connectivity index (χ4n) is 6.98. The highest BCUT2D eigenvalue weighted by Gasteiger charge is 2.56. The van der Waals surface area contributed by atoms with Gasteiger partial charge in [-0.2, -0.15) is 0 Å². The molecule has 0 spiro atoms. The Morgan fingerprint density at radius 2 is 1.56 bits per heavy atom. The van der Waals surface area contributed by atoms with Crippen LogP contribution in [0.2, 0.25) is 0 Å². The van der Waals surface area contributed by atoms with Gasteiger partial charge in [0.05, 0.1) is 0 Å². The van der Waals surface area contributed by atoms with Crippen LogP contribution in [0.15, 0.2) is 77.6 Å². The van der Waals surface area contributed by atoms with Gasteiger partial charge in [0.15, 0.2) is 0 Å². The number of aromatic nitrogens is 1. The molecular weight excluding hydrogens is 548 g/mol. The number of carbonyl (C=O) groups is 3. The van der Waals surface area contributed by atoms with Crippen molar-refractivity contribution in [2.75, 3.05) is 40.3 Å². The number of rotatable bonds is 8. The Kier molecular flexibility index (Phi) is 7.66. The molecular formula is C33H36N4O6. The zero-order valence-corrected chi connectivity index (χ0v) is 24.4. The summed E-state index contributed by atoms with van der Waals surface area (Å²) in [5, 5.41) is 10.4. The topological polar surface area (TPSA) is 112 Å². The minimum absolute atomic E-state index is 0.00137. The number of hydrogen-bond donors (Lipinski definition) is 1. The van der Waals surface area contributed by atoms with Gasteiger partial charge in [0.2, 0.25) is 11.8 Å². The number of aliphatic hydroxyl groups is 1. The number of benzene rings is 2. The van der Waals surface area contributed by atoms with Crippen LogP contribution >= 0.6 is 0 Å². The predicted molar refractivity (Wildman–Crippen MR) is 158 cm³/mol. The van der Waals surface area contributed by atoms with Crippen LogP contribution < -0.4 is 10.3 Å². The number of ether oxygens (including phenoxy) is 1. The van der Waals surface area contributed by atoms with E-state index in [1.807, 2.05) is 53.1 Å². The van der Waals surface area contributed by atoms with E-state index >= 15 is 0 Å². The molecule has 1 unspecified atom stereocenters. The Hall–Kier alpha value is -4.28. The average molecular weight is 585 g/mol. The predicted octanol–water partition coefficient (Wildman–Crippen LogP) is 2.66. The molecule has 1 N–H and O–H groups in total. The minimum atomic E-state index is -1.49. The zero-order valence-electron chi connectivity index (χ0n) is 24.4. The monoisotopic (exact) mass is 584 g/mol. The van der Waals surface area contributed by atoms with E-state index in [4.69, 9.17) is 4.74 Å². The smallest absolute Gasteiger partial charge is 0.332 e. The molecule has 10 heteroatoms. The number of carbonyl (C=O) groups excluding carboxylic acids is 3. The Bertz CT molecular complexity index is 1560. The van der Waals surface area contributed by atoms with Crippen LogP contribution in [0, 0.1) is 11.3 Å². The van der Waals surface area contributed by atoms with Crippen LogP contribution in [0.25, 0.3) is 0 Å². The van der Waals surface area contributed by atoms with Crippen molar-refractivity contribution in [2.24, 2.45) is 11.3 Å². The van der Waals surface area contributed by atoms with Crippen molar-refractivity contribution in [1.82, 2.24) is 19.3 Å². The quantitative estimate of drug-likeness (QED) is 0.405. The zero-order chi connectivity index (χ0) is 30.3. The fraction of sp³-hybridized carbons (Fsp3) is 0.394. The summed E-state index contributed by atoms with van der Waals surface area (Å²) in [6, 6.07) is 21.1. The lowest BCUT2D eigenvalue weighted by molar-refractivity contribution is -0.159. The third-order valence-corrected chi connectivity index (χ3v) is 9.07. The van der Waals surface area contributed by atoms with Crippen molar-refractivity contribution in [3.63, 3.8) is 0 Å². The van der Waals surface area contributed by atoms with Crippen molar-refractivity contribution in [1.29, 1.82) is 0 Å². The number of imide groups is 2. The molecule has 3 atom stereocenters. The van der Waals surface area contributed by atoms with E-state index in [9.17, 15) is 24.3 Å². The number of aliphatic hydroxyl groups excluding tert-OH is 1. The van der Waals surface area contributed by atoms with Crippen LogP contribution in [0.4, 0.5) is 4.79 Å². The summed E-state index contributed by atoms with van der Waals surface area (Å²) in [6.45, 7) is 2.11. The summed E-state index contributed by atoms with van der Waals surface area (Å²) in [4.78, 5) is 57.2. The van der Waals surface area contributed by atoms with E-state index in [2.05, 4.69) is 4.90 Å². The SMILES string of the molecule is CN1C(=O)N(C)C(=O)C(Cc2ccc(OCC(O)c3ccccc3)cc2)(CN2C[C@H]3C[C@H](C2)c2cccc(=O)n2C3)C1=O. The Morgan fingerprint density at radius 3 is 2.26 bits per heavy atom. The molecule has 4 amide bonds. The molecule has 2 aromatic carbocycles. The first-order valence-corrected chi connectivity index (χ1v) is 14.6. The van der Waals surface area contributed by atoms with Gasteiger partial charge in [0, 0.05) is 58.0 Å². The fourth-order valence-corrected chi connectivity index (χ4v) is 6.98. The maximum Gasteiger partial charge on any atom is 0.332 e. The second-order valence-electron chi connectivity index (χ2n) is 12.0. The molecule has 43 heavy (non-hydrogen) atoms. The standard InChI is InChI=1S/C33H36N4O6/c1-34-30(40)33(31(41)35(2)32(34)42,21-36-17-23-15-25(19-36)27-9-6-10-29(39)37(27)18-23)16-22-11-13-26(14-12-22)43-20-28(38)24-7-4-3-5-8-24/h3-14,23,25,28,38H,15-21H2,1-2H3/t23-,25-,28?/m1/s1. The number of piperidine rings is 1. The van der Waals surface area contributed by atoms with E-state index in [0.717, 1.165) is 33.0 Å². The molecule has 6 rings (SSSR count). The van der Waals surface area contributed by atoms with Crippen molar-refractivity contribution in [2.45, 2.75) is 31.4 Å². The van der Waals surface area contributed by atoms with Crippen molar-refractivity contribution in [3.8, 4) is 5.75 Å². The first kappa shape index (κ1) is 28.8. The summed E-state index contributed by atoms with van der Waals surface area (Å²) in [7, 11) is 2.84. The van der Waals surface area contributed by atoms with Gasteiger partial charge in [-0.25, -0.2) is 4.79 Å². The molecule has 0 saturated carbocycles. The molecule has 10 nitrogen and oxygen atoms in total. The van der Waals surface area contributed by atoms with Gasteiger partial charge < -0.3 is 19.3 Å². The van der Waals surface area contributed by atoms with E-state index < -0.39 is 29.4 Å². The molecule has 0 radical (unpaired) electrons. The first-order valence-electron chi connectivity index (χ1n) is 14.6.